The van der Waals surface area contributed by atoms with Gasteiger partial charge in [0.1, 0.15) is 16.6 Å². The maximum Gasteiger partial charge on any atom is 0.137 e. The summed E-state index contributed by atoms with van der Waals surface area (Å²) in [6.45, 7) is 6.03. The van der Waals surface area contributed by atoms with Crippen molar-refractivity contribution in [2.45, 2.75) is 33.6 Å². The van der Waals surface area contributed by atoms with Gasteiger partial charge < -0.3 is 5.73 Å². The van der Waals surface area contributed by atoms with Gasteiger partial charge in [0, 0.05) is 22.3 Å². The third kappa shape index (κ3) is 2.61. The van der Waals surface area contributed by atoms with Gasteiger partial charge in [0.15, 0.2) is 0 Å². The second-order valence-electron chi connectivity index (χ2n) is 4.00. The van der Waals surface area contributed by atoms with Crippen LogP contribution >= 0.6 is 11.3 Å². The second-order valence-corrected chi connectivity index (χ2v) is 4.94. The van der Waals surface area contributed by atoms with Crippen LogP contribution in [0.25, 0.3) is 0 Å². The van der Waals surface area contributed by atoms with Crippen LogP contribution in [0.3, 0.4) is 0 Å². The normalized spacial score (nSPS) is 10.8. The van der Waals surface area contributed by atoms with Crippen molar-refractivity contribution in [1.29, 1.82) is 0 Å². The van der Waals surface area contributed by atoms with Gasteiger partial charge in [0.2, 0.25) is 0 Å². The van der Waals surface area contributed by atoms with Crippen molar-refractivity contribution < 1.29 is 0 Å². The van der Waals surface area contributed by atoms with E-state index < -0.39 is 0 Å². The van der Waals surface area contributed by atoms with E-state index in [2.05, 4.69) is 21.9 Å². The third-order valence-electron chi connectivity index (χ3n) is 2.62. The summed E-state index contributed by atoms with van der Waals surface area (Å²) in [6.07, 6.45) is 1.53. The molecule has 0 fully saturated rings. The minimum Gasteiger partial charge on any atom is -0.383 e. The molecule has 0 saturated heterocycles. The Bertz CT molecular complexity index is 510. The Morgan fingerprint density at radius 2 is 2.00 bits per heavy atom. The fourth-order valence-corrected chi connectivity index (χ4v) is 2.58. The molecule has 2 rings (SSSR count). The first-order chi connectivity index (χ1) is 8.10. The Morgan fingerprint density at radius 3 is 2.53 bits per heavy atom. The number of nitrogen functional groups attached to an aromatic ring is 1. The van der Waals surface area contributed by atoms with Crippen LogP contribution in [0.1, 0.15) is 34.7 Å². The number of anilines is 1. The molecule has 0 spiro atoms. The van der Waals surface area contributed by atoms with Gasteiger partial charge in [-0.2, -0.15) is 0 Å². The van der Waals surface area contributed by atoms with E-state index in [0.29, 0.717) is 12.2 Å². The van der Waals surface area contributed by atoms with E-state index in [1.807, 2.05) is 19.2 Å². The minimum atomic E-state index is 0.600. The second kappa shape index (κ2) is 4.79. The molecule has 0 aliphatic rings. The van der Waals surface area contributed by atoms with E-state index in [1.54, 1.807) is 11.3 Å². The number of nitrogens with zero attached hydrogens (tertiary/aromatic N) is 3. The summed E-state index contributed by atoms with van der Waals surface area (Å²) in [5.41, 5.74) is 8.99. The molecule has 0 bridgehead atoms. The quantitative estimate of drug-likeness (QED) is 0.905. The lowest BCUT2D eigenvalue weighted by Gasteiger charge is -2.07. The van der Waals surface area contributed by atoms with Gasteiger partial charge in [-0.05, 0) is 20.3 Å². The van der Waals surface area contributed by atoms with E-state index >= 15 is 0 Å². The first-order valence-corrected chi connectivity index (χ1v) is 6.51. The lowest BCUT2D eigenvalue weighted by molar-refractivity contribution is 0.905. The van der Waals surface area contributed by atoms with Crippen molar-refractivity contribution >= 4 is 17.2 Å². The van der Waals surface area contributed by atoms with Crippen LogP contribution in [0.15, 0.2) is 5.38 Å². The fourth-order valence-electron chi connectivity index (χ4n) is 1.81. The monoisotopic (exact) mass is 248 g/mol. The van der Waals surface area contributed by atoms with Gasteiger partial charge in [0.05, 0.1) is 6.42 Å². The largest absolute Gasteiger partial charge is 0.383 e. The third-order valence-corrected chi connectivity index (χ3v) is 3.59. The number of aromatic nitrogens is 3. The van der Waals surface area contributed by atoms with E-state index in [9.17, 15) is 0 Å². The standard InChI is InChI=1S/C12H16N4S/c1-4-9-8(3)15-10(16-12(9)13)5-11-14-7(2)6-17-11/h6H,4-5H2,1-3H3,(H2,13,15,16). The molecule has 2 N–H and O–H groups in total. The molecule has 0 saturated carbocycles. The van der Waals surface area contributed by atoms with Crippen molar-refractivity contribution in [1.82, 2.24) is 15.0 Å². The maximum atomic E-state index is 5.92. The number of rotatable bonds is 3. The van der Waals surface area contributed by atoms with Gasteiger partial charge in [-0.25, -0.2) is 15.0 Å². The highest BCUT2D eigenvalue weighted by molar-refractivity contribution is 7.09. The molecule has 0 aliphatic carbocycles. The lowest BCUT2D eigenvalue weighted by atomic mass is 10.1. The van der Waals surface area contributed by atoms with Crippen LogP contribution in [0, 0.1) is 13.8 Å². The van der Waals surface area contributed by atoms with Crippen molar-refractivity contribution in [3.63, 3.8) is 0 Å². The van der Waals surface area contributed by atoms with Crippen LogP contribution in [-0.2, 0) is 12.8 Å². The highest BCUT2D eigenvalue weighted by Gasteiger charge is 2.09. The first kappa shape index (κ1) is 12.0. The predicted molar refractivity (Wildman–Crippen MR) is 70.2 cm³/mol. The van der Waals surface area contributed by atoms with E-state index in [1.165, 1.54) is 0 Å². The molecule has 0 radical (unpaired) electrons. The number of hydrogen-bond donors (Lipinski definition) is 1. The topological polar surface area (TPSA) is 64.7 Å². The minimum absolute atomic E-state index is 0.600. The van der Waals surface area contributed by atoms with Crippen LogP contribution in [0.4, 0.5) is 5.82 Å². The van der Waals surface area contributed by atoms with Crippen LogP contribution in [0.2, 0.25) is 0 Å². The summed E-state index contributed by atoms with van der Waals surface area (Å²) in [4.78, 5) is 13.2. The van der Waals surface area contributed by atoms with Gasteiger partial charge >= 0.3 is 0 Å². The molecule has 2 aromatic rings. The molecule has 4 nitrogen and oxygen atoms in total. The average molecular weight is 248 g/mol. The molecule has 0 aliphatic heterocycles. The number of thiazole rings is 1. The zero-order chi connectivity index (χ0) is 12.4. The summed E-state index contributed by atoms with van der Waals surface area (Å²) < 4.78 is 0. The molecule has 0 atom stereocenters. The van der Waals surface area contributed by atoms with E-state index in [4.69, 9.17) is 5.73 Å². The smallest absolute Gasteiger partial charge is 0.137 e. The molecule has 5 heteroatoms. The Kier molecular flexibility index (Phi) is 3.38. The Hall–Kier alpha value is -1.49. The molecular weight excluding hydrogens is 232 g/mol. The van der Waals surface area contributed by atoms with Crippen LogP contribution in [-0.4, -0.2) is 15.0 Å². The van der Waals surface area contributed by atoms with E-state index in [-0.39, 0.29) is 0 Å². The zero-order valence-electron chi connectivity index (χ0n) is 10.3. The van der Waals surface area contributed by atoms with Gasteiger partial charge in [-0.3, -0.25) is 0 Å². The molecule has 0 unspecified atom stereocenters. The molecule has 90 valence electrons. The van der Waals surface area contributed by atoms with Gasteiger partial charge in [-0.1, -0.05) is 6.92 Å². The van der Waals surface area contributed by atoms with Crippen molar-refractivity contribution in [3.05, 3.63) is 33.2 Å². The predicted octanol–water partition coefficient (Wildman–Crippen LogP) is 2.29. The zero-order valence-corrected chi connectivity index (χ0v) is 11.1. The Balaban J connectivity index is 2.28. The Morgan fingerprint density at radius 1 is 1.24 bits per heavy atom. The average Bonchev–Trinajstić information content (AvgIpc) is 2.63. The van der Waals surface area contributed by atoms with Gasteiger partial charge in [-0.15, -0.1) is 11.3 Å². The van der Waals surface area contributed by atoms with Crippen molar-refractivity contribution in [3.8, 4) is 0 Å². The molecular formula is C12H16N4S. The van der Waals surface area contributed by atoms with Crippen LogP contribution in [0.5, 0.6) is 0 Å². The summed E-state index contributed by atoms with van der Waals surface area (Å²) >= 11 is 1.63. The molecule has 0 aromatic carbocycles. The van der Waals surface area contributed by atoms with Crippen molar-refractivity contribution in [2.24, 2.45) is 0 Å². The van der Waals surface area contributed by atoms with Gasteiger partial charge in [0.25, 0.3) is 0 Å². The molecule has 17 heavy (non-hydrogen) atoms. The maximum absolute atomic E-state index is 5.92. The van der Waals surface area contributed by atoms with E-state index in [0.717, 1.165) is 34.2 Å². The molecule has 2 aromatic heterocycles. The molecule has 2 heterocycles. The Labute approximate surface area is 105 Å². The summed E-state index contributed by atoms with van der Waals surface area (Å²) in [5, 5.41) is 3.07. The van der Waals surface area contributed by atoms with Crippen molar-refractivity contribution in [2.75, 3.05) is 5.73 Å². The first-order valence-electron chi connectivity index (χ1n) is 5.63. The SMILES string of the molecule is CCc1c(C)nc(Cc2nc(C)cs2)nc1N. The highest BCUT2D eigenvalue weighted by atomic mass is 32.1. The summed E-state index contributed by atoms with van der Waals surface area (Å²) in [7, 11) is 0. The molecule has 0 amide bonds. The number of nitrogens with two attached hydrogens (primary N) is 1. The number of hydrogen-bond acceptors (Lipinski definition) is 5. The highest BCUT2D eigenvalue weighted by Crippen LogP contribution is 2.17. The lowest BCUT2D eigenvalue weighted by Crippen LogP contribution is -2.07. The fraction of sp³-hybridized carbons (Fsp3) is 0.417. The summed E-state index contributed by atoms with van der Waals surface area (Å²) in [6, 6.07) is 0. The van der Waals surface area contributed by atoms with Crippen LogP contribution < -0.4 is 5.73 Å². The summed E-state index contributed by atoms with van der Waals surface area (Å²) in [5.74, 6) is 1.36. The number of aryl methyl sites for hydroxylation is 2.